The van der Waals surface area contributed by atoms with E-state index in [-0.39, 0.29) is 53.2 Å². The van der Waals surface area contributed by atoms with Crippen LogP contribution in [0.25, 0.3) is 0 Å². The highest BCUT2D eigenvalue weighted by Crippen LogP contribution is 2.54. The Bertz CT molecular complexity index is 643. The molecule has 0 spiro atoms. The highest BCUT2D eigenvalue weighted by Gasteiger charge is 2.87. The molecule has 0 saturated carbocycles. The van der Waals surface area contributed by atoms with Crippen molar-refractivity contribution >= 4 is 23.9 Å². The average molecular weight is 400 g/mol. The van der Waals surface area contributed by atoms with Crippen molar-refractivity contribution in [1.82, 2.24) is 30.2 Å². The van der Waals surface area contributed by atoms with E-state index >= 15 is 0 Å². The van der Waals surface area contributed by atoms with Gasteiger partial charge in [-0.2, -0.15) is 0 Å². The Balaban J connectivity index is 1.94. The maximum atomic E-state index is 13.3. The van der Waals surface area contributed by atoms with Crippen LogP contribution in [0.3, 0.4) is 0 Å². The zero-order valence-corrected chi connectivity index (χ0v) is 14.8. The number of aliphatic hydroxyl groups is 2. The van der Waals surface area contributed by atoms with Gasteiger partial charge in [-0.15, -0.1) is 0 Å². The topological polar surface area (TPSA) is 164 Å². The largest absolute Gasteiger partial charge is 0.395 e. The first-order valence-electron chi connectivity index (χ1n) is 8.61. The van der Waals surface area contributed by atoms with E-state index in [1.165, 1.54) is 0 Å². The fourth-order valence-corrected chi connectivity index (χ4v) is 4.32. The summed E-state index contributed by atoms with van der Waals surface area (Å²) in [5.41, 5.74) is -4.12. The van der Waals surface area contributed by atoms with Gasteiger partial charge in [-0.1, -0.05) is 0 Å². The van der Waals surface area contributed by atoms with E-state index in [0.29, 0.717) is 0 Å². The van der Waals surface area contributed by atoms with Gasteiger partial charge in [0.15, 0.2) is 0 Å². The summed E-state index contributed by atoms with van der Waals surface area (Å²) in [6.07, 6.45) is 0. The number of hydrogen-bond acceptors (Lipinski definition) is 8. The van der Waals surface area contributed by atoms with Gasteiger partial charge in [0.1, 0.15) is 26.9 Å². The number of urea groups is 2. The quantitative estimate of drug-likeness (QED) is 0.350. The van der Waals surface area contributed by atoms with E-state index in [2.05, 4.69) is 10.6 Å². The Kier molecular flexibility index (Phi) is 4.29. The minimum Gasteiger partial charge on any atom is -0.395 e. The molecule has 4 N–H and O–H groups in total. The van der Waals surface area contributed by atoms with Gasteiger partial charge in [-0.25, -0.2) is 9.59 Å². The third-order valence-electron chi connectivity index (χ3n) is 5.28. The van der Waals surface area contributed by atoms with Crippen molar-refractivity contribution < 1.29 is 38.9 Å². The van der Waals surface area contributed by atoms with Crippen LogP contribution in [-0.4, -0.2) is 118 Å². The second kappa shape index (κ2) is 6.44. The van der Waals surface area contributed by atoms with Crippen molar-refractivity contribution in [2.75, 3.05) is 53.2 Å². The highest BCUT2D eigenvalue weighted by molar-refractivity contribution is 6.12. The monoisotopic (exact) mass is 400 g/mol. The lowest BCUT2D eigenvalue weighted by atomic mass is 9.88. The molecule has 4 aliphatic rings. The van der Waals surface area contributed by atoms with Crippen LogP contribution in [-0.2, 0) is 19.1 Å². The smallest absolute Gasteiger partial charge is 0.328 e. The highest BCUT2D eigenvalue weighted by atomic mass is 16.5. The Morgan fingerprint density at radius 3 is 1.39 bits per heavy atom. The molecule has 0 aromatic carbocycles. The SMILES string of the molecule is O=C1N2COCN3C(=O)N4COCN1C4(C(=O)NCCO)C23C(=O)NCCO. The fourth-order valence-electron chi connectivity index (χ4n) is 4.32. The molecular weight excluding hydrogens is 380 g/mol. The zero-order chi connectivity index (χ0) is 20.1. The van der Waals surface area contributed by atoms with Crippen molar-refractivity contribution in [3.05, 3.63) is 0 Å². The maximum absolute atomic E-state index is 13.3. The summed E-state index contributed by atoms with van der Waals surface area (Å²) in [6.45, 7) is -2.33. The van der Waals surface area contributed by atoms with E-state index in [1.807, 2.05) is 0 Å². The molecule has 0 aromatic heterocycles. The van der Waals surface area contributed by atoms with Crippen LogP contribution < -0.4 is 10.6 Å². The summed E-state index contributed by atoms with van der Waals surface area (Å²) in [7, 11) is 0. The predicted octanol–water partition coefficient (Wildman–Crippen LogP) is -4.04. The van der Waals surface area contributed by atoms with Crippen LogP contribution in [0.15, 0.2) is 0 Å². The van der Waals surface area contributed by atoms with Gasteiger partial charge in [-0.05, 0) is 0 Å². The van der Waals surface area contributed by atoms with Crippen LogP contribution in [0.4, 0.5) is 9.59 Å². The second-order valence-corrected chi connectivity index (χ2v) is 6.51. The van der Waals surface area contributed by atoms with Gasteiger partial charge >= 0.3 is 12.1 Å². The first kappa shape index (κ1) is 18.7. The molecule has 4 aliphatic heterocycles. The molecule has 0 bridgehead atoms. The molecule has 4 rings (SSSR count). The number of carbonyl (C=O) groups excluding carboxylic acids is 4. The molecule has 6 amide bonds. The van der Waals surface area contributed by atoms with Crippen LogP contribution >= 0.6 is 0 Å². The van der Waals surface area contributed by atoms with Crippen LogP contribution in [0.1, 0.15) is 0 Å². The van der Waals surface area contributed by atoms with E-state index in [1.54, 1.807) is 0 Å². The van der Waals surface area contributed by atoms with E-state index in [4.69, 9.17) is 19.7 Å². The van der Waals surface area contributed by atoms with Crippen molar-refractivity contribution in [1.29, 1.82) is 0 Å². The van der Waals surface area contributed by atoms with Crippen molar-refractivity contribution in [2.45, 2.75) is 11.3 Å². The van der Waals surface area contributed by atoms with Crippen molar-refractivity contribution in [2.24, 2.45) is 0 Å². The molecule has 0 radical (unpaired) electrons. The molecule has 4 saturated heterocycles. The molecular formula is C14H20N6O8. The third-order valence-corrected chi connectivity index (χ3v) is 5.28. The number of nitrogens with one attached hydrogen (secondary N) is 2. The number of hydrogen-bond donors (Lipinski definition) is 4. The molecule has 0 unspecified atom stereocenters. The lowest BCUT2D eigenvalue weighted by Gasteiger charge is -2.49. The first-order valence-corrected chi connectivity index (χ1v) is 8.61. The average Bonchev–Trinajstić information content (AvgIpc) is 3.10. The molecule has 28 heavy (non-hydrogen) atoms. The number of nitrogens with zero attached hydrogens (tertiary/aromatic N) is 4. The summed E-state index contributed by atoms with van der Waals surface area (Å²) in [6, 6.07) is -1.44. The third kappa shape index (κ3) is 1.89. The van der Waals surface area contributed by atoms with Gasteiger partial charge in [0.05, 0.1) is 13.2 Å². The standard InChI is InChI=1S/C14H20N6O8/c21-3-1-15-9(23)13-14(10(24)16-2-4-22)19-7-28-8-20(14)12(26)18(13)6-27-5-17(13)11(19)25/h21-22H,1-8H2,(H,15,23)(H,16,24). The number of aliphatic hydroxyl groups excluding tert-OH is 2. The molecule has 14 heteroatoms. The van der Waals surface area contributed by atoms with Gasteiger partial charge in [0.25, 0.3) is 23.1 Å². The summed E-state index contributed by atoms with van der Waals surface area (Å²) in [4.78, 5) is 56.9. The first-order chi connectivity index (χ1) is 13.5. The summed E-state index contributed by atoms with van der Waals surface area (Å²) < 4.78 is 10.6. The Labute approximate surface area is 158 Å². The summed E-state index contributed by atoms with van der Waals surface area (Å²) in [5.74, 6) is -1.62. The van der Waals surface area contributed by atoms with E-state index in [9.17, 15) is 19.2 Å². The maximum Gasteiger partial charge on any atom is 0.328 e. The Morgan fingerprint density at radius 2 is 1.11 bits per heavy atom. The normalized spacial score (nSPS) is 30.6. The van der Waals surface area contributed by atoms with Gasteiger partial charge in [-0.3, -0.25) is 29.2 Å². The number of amides is 6. The minimum atomic E-state index is -2.06. The van der Waals surface area contributed by atoms with Crippen LogP contribution in [0.5, 0.6) is 0 Å². The summed E-state index contributed by atoms with van der Waals surface area (Å²) in [5, 5.41) is 23.2. The van der Waals surface area contributed by atoms with Crippen LogP contribution in [0, 0.1) is 0 Å². The zero-order valence-electron chi connectivity index (χ0n) is 14.8. The Morgan fingerprint density at radius 1 is 0.786 bits per heavy atom. The molecule has 0 aliphatic carbocycles. The van der Waals surface area contributed by atoms with Gasteiger partial charge < -0.3 is 30.3 Å². The predicted molar refractivity (Wildman–Crippen MR) is 85.4 cm³/mol. The van der Waals surface area contributed by atoms with Gasteiger partial charge in [0.2, 0.25) is 0 Å². The molecule has 0 aromatic rings. The van der Waals surface area contributed by atoms with E-state index in [0.717, 1.165) is 19.6 Å². The molecule has 154 valence electrons. The van der Waals surface area contributed by atoms with E-state index < -0.39 is 35.2 Å². The lowest BCUT2D eigenvalue weighted by molar-refractivity contribution is -0.205. The van der Waals surface area contributed by atoms with Crippen LogP contribution in [0.2, 0.25) is 0 Å². The fraction of sp³-hybridized carbons (Fsp3) is 0.714. The molecule has 0 atom stereocenters. The van der Waals surface area contributed by atoms with Crippen molar-refractivity contribution in [3.8, 4) is 0 Å². The molecule has 14 nitrogen and oxygen atoms in total. The number of carbonyl (C=O) groups is 4. The summed E-state index contributed by atoms with van der Waals surface area (Å²) >= 11 is 0. The second-order valence-electron chi connectivity index (χ2n) is 6.51. The number of ether oxygens (including phenoxy) is 2. The van der Waals surface area contributed by atoms with Crippen molar-refractivity contribution in [3.63, 3.8) is 0 Å². The Hall–Kier alpha value is -2.68. The lowest BCUT2D eigenvalue weighted by Crippen LogP contribution is -2.81. The minimum absolute atomic E-state index is 0.143. The molecule has 4 fully saturated rings. The number of rotatable bonds is 6. The molecule has 4 heterocycles. The van der Waals surface area contributed by atoms with Gasteiger partial charge in [0, 0.05) is 13.1 Å².